The fraction of sp³-hybridized carbons (Fsp3) is 0.769. The maximum Gasteiger partial charge on any atom is 0.0982 e. The first-order valence-corrected chi connectivity index (χ1v) is 8.26. The zero-order valence-electron chi connectivity index (χ0n) is 11.2. The molecule has 1 aliphatic rings. The van der Waals surface area contributed by atoms with Crippen LogP contribution in [0.15, 0.2) is 5.38 Å². The van der Waals surface area contributed by atoms with Crippen LogP contribution in [0.3, 0.4) is 0 Å². The number of thioether (sulfide) groups is 1. The van der Waals surface area contributed by atoms with Gasteiger partial charge in [0.25, 0.3) is 0 Å². The molecule has 17 heavy (non-hydrogen) atoms. The second-order valence-electron chi connectivity index (χ2n) is 5.88. The predicted molar refractivity (Wildman–Crippen MR) is 78.0 cm³/mol. The second-order valence-corrected chi connectivity index (χ2v) is 8.02. The van der Waals surface area contributed by atoms with Crippen molar-refractivity contribution in [2.45, 2.75) is 50.3 Å². The smallest absolute Gasteiger partial charge is 0.0982 e. The van der Waals surface area contributed by atoms with E-state index in [0.717, 1.165) is 13.1 Å². The third-order valence-electron chi connectivity index (χ3n) is 3.19. The minimum absolute atomic E-state index is 0.180. The normalized spacial score (nSPS) is 18.4. The molecule has 1 aromatic heterocycles. The lowest BCUT2D eigenvalue weighted by Gasteiger charge is -2.14. The zero-order chi connectivity index (χ0) is 12.5. The van der Waals surface area contributed by atoms with Crippen molar-refractivity contribution in [3.05, 3.63) is 16.1 Å². The Kier molecular flexibility index (Phi) is 3.86. The number of rotatable bonds is 5. The van der Waals surface area contributed by atoms with Gasteiger partial charge >= 0.3 is 0 Å². The Morgan fingerprint density at radius 2 is 2.18 bits per heavy atom. The Bertz CT molecular complexity index is 375. The van der Waals surface area contributed by atoms with Crippen molar-refractivity contribution >= 4 is 23.1 Å². The van der Waals surface area contributed by atoms with Crippen LogP contribution in [-0.4, -0.2) is 22.5 Å². The van der Waals surface area contributed by atoms with E-state index in [1.807, 2.05) is 11.8 Å². The molecule has 96 valence electrons. The molecule has 0 unspecified atom stereocenters. The minimum Gasteiger partial charge on any atom is -0.310 e. The Morgan fingerprint density at radius 1 is 1.47 bits per heavy atom. The lowest BCUT2D eigenvalue weighted by molar-refractivity contribution is 0.578. The standard InChI is InChI=1S/C13H22N2S2/c1-12(2,3)11-15-10(8-17-11)7-14-9-13(16-4)5-6-13/h8,14H,5-7,9H2,1-4H3. The molecule has 0 aliphatic heterocycles. The molecule has 1 heterocycles. The summed E-state index contributed by atoms with van der Waals surface area (Å²) in [6, 6.07) is 0. The second kappa shape index (κ2) is 4.90. The van der Waals surface area contributed by atoms with Gasteiger partial charge in [0.2, 0.25) is 0 Å². The molecule has 0 atom stereocenters. The number of nitrogens with one attached hydrogen (secondary N) is 1. The van der Waals surface area contributed by atoms with E-state index in [2.05, 4.69) is 37.7 Å². The number of hydrogen-bond donors (Lipinski definition) is 1. The molecule has 0 bridgehead atoms. The van der Waals surface area contributed by atoms with Crippen molar-refractivity contribution in [1.29, 1.82) is 0 Å². The highest BCUT2D eigenvalue weighted by Crippen LogP contribution is 2.46. The summed E-state index contributed by atoms with van der Waals surface area (Å²) in [6.45, 7) is 8.69. The van der Waals surface area contributed by atoms with Crippen LogP contribution in [0.4, 0.5) is 0 Å². The van der Waals surface area contributed by atoms with Crippen LogP contribution in [0.2, 0.25) is 0 Å². The average Bonchev–Trinajstić information content (AvgIpc) is 2.86. The van der Waals surface area contributed by atoms with Crippen LogP contribution in [0.5, 0.6) is 0 Å². The van der Waals surface area contributed by atoms with Gasteiger partial charge in [0.1, 0.15) is 0 Å². The van der Waals surface area contributed by atoms with E-state index in [9.17, 15) is 0 Å². The highest BCUT2D eigenvalue weighted by Gasteiger charge is 2.41. The number of nitrogens with zero attached hydrogens (tertiary/aromatic N) is 1. The first-order chi connectivity index (χ1) is 7.95. The largest absolute Gasteiger partial charge is 0.310 e. The van der Waals surface area contributed by atoms with Gasteiger partial charge in [-0.25, -0.2) is 4.98 Å². The summed E-state index contributed by atoms with van der Waals surface area (Å²) in [5.41, 5.74) is 1.37. The van der Waals surface area contributed by atoms with Crippen molar-refractivity contribution in [2.75, 3.05) is 12.8 Å². The van der Waals surface area contributed by atoms with Gasteiger partial charge in [-0.15, -0.1) is 11.3 Å². The molecule has 4 heteroatoms. The van der Waals surface area contributed by atoms with Gasteiger partial charge < -0.3 is 5.32 Å². The van der Waals surface area contributed by atoms with Crippen LogP contribution < -0.4 is 5.32 Å². The third-order valence-corrected chi connectivity index (χ3v) is 5.92. The van der Waals surface area contributed by atoms with Crippen LogP contribution in [0.1, 0.15) is 44.3 Å². The van der Waals surface area contributed by atoms with E-state index >= 15 is 0 Å². The van der Waals surface area contributed by atoms with E-state index in [-0.39, 0.29) is 5.41 Å². The minimum atomic E-state index is 0.180. The van der Waals surface area contributed by atoms with E-state index in [0.29, 0.717) is 4.75 Å². The molecule has 0 radical (unpaired) electrons. The quantitative estimate of drug-likeness (QED) is 0.887. The number of aromatic nitrogens is 1. The van der Waals surface area contributed by atoms with Gasteiger partial charge in [-0.05, 0) is 19.1 Å². The number of thiazole rings is 1. The van der Waals surface area contributed by atoms with Gasteiger partial charge in [-0.2, -0.15) is 11.8 Å². The molecule has 0 saturated heterocycles. The van der Waals surface area contributed by atoms with Crippen molar-refractivity contribution in [2.24, 2.45) is 0 Å². The Hall–Kier alpha value is -0.0600. The molecule has 0 spiro atoms. The Labute approximate surface area is 113 Å². The van der Waals surface area contributed by atoms with Crippen molar-refractivity contribution in [1.82, 2.24) is 10.3 Å². The summed E-state index contributed by atoms with van der Waals surface area (Å²) in [5.74, 6) is 0. The first-order valence-electron chi connectivity index (χ1n) is 6.16. The fourth-order valence-corrected chi connectivity index (χ4v) is 3.41. The molecule has 1 fully saturated rings. The lowest BCUT2D eigenvalue weighted by atomic mass is 9.98. The maximum atomic E-state index is 4.70. The summed E-state index contributed by atoms with van der Waals surface area (Å²) >= 11 is 3.78. The van der Waals surface area contributed by atoms with Crippen LogP contribution in [0.25, 0.3) is 0 Å². The first kappa shape index (κ1) is 13.4. The summed E-state index contributed by atoms with van der Waals surface area (Å²) in [5, 5.41) is 6.97. The molecular formula is C13H22N2S2. The lowest BCUT2D eigenvalue weighted by Crippen LogP contribution is -2.25. The molecular weight excluding hydrogens is 248 g/mol. The highest BCUT2D eigenvalue weighted by molar-refractivity contribution is 8.00. The predicted octanol–water partition coefficient (Wildman–Crippen LogP) is 3.43. The third kappa shape index (κ3) is 3.46. The molecule has 1 saturated carbocycles. The van der Waals surface area contributed by atoms with Crippen molar-refractivity contribution in [3.8, 4) is 0 Å². The average molecular weight is 270 g/mol. The topological polar surface area (TPSA) is 24.9 Å². The van der Waals surface area contributed by atoms with Gasteiger partial charge in [0.05, 0.1) is 10.7 Å². The van der Waals surface area contributed by atoms with E-state index in [4.69, 9.17) is 4.98 Å². The zero-order valence-corrected chi connectivity index (χ0v) is 12.8. The van der Waals surface area contributed by atoms with E-state index in [1.54, 1.807) is 11.3 Å². The van der Waals surface area contributed by atoms with Crippen molar-refractivity contribution in [3.63, 3.8) is 0 Å². The summed E-state index contributed by atoms with van der Waals surface area (Å²) in [7, 11) is 0. The SMILES string of the molecule is CSC1(CNCc2csc(C(C)(C)C)n2)CC1. The van der Waals surface area contributed by atoms with Gasteiger partial charge in [0.15, 0.2) is 0 Å². The summed E-state index contributed by atoms with van der Waals surface area (Å²) < 4.78 is 0.545. The van der Waals surface area contributed by atoms with Gasteiger partial charge in [0, 0.05) is 28.6 Å². The molecule has 2 rings (SSSR count). The van der Waals surface area contributed by atoms with E-state index in [1.165, 1.54) is 23.5 Å². The van der Waals surface area contributed by atoms with Crippen LogP contribution in [-0.2, 0) is 12.0 Å². The van der Waals surface area contributed by atoms with Crippen molar-refractivity contribution < 1.29 is 0 Å². The molecule has 0 aromatic carbocycles. The molecule has 2 nitrogen and oxygen atoms in total. The van der Waals surface area contributed by atoms with Crippen LogP contribution in [0, 0.1) is 0 Å². The van der Waals surface area contributed by atoms with Gasteiger partial charge in [-0.1, -0.05) is 20.8 Å². The van der Waals surface area contributed by atoms with Crippen LogP contribution >= 0.6 is 23.1 Å². The maximum absolute atomic E-state index is 4.70. The fourth-order valence-electron chi connectivity index (χ4n) is 1.74. The summed E-state index contributed by atoms with van der Waals surface area (Å²) in [4.78, 5) is 4.70. The highest BCUT2D eigenvalue weighted by atomic mass is 32.2. The summed E-state index contributed by atoms with van der Waals surface area (Å²) in [6.07, 6.45) is 4.95. The number of hydrogen-bond acceptors (Lipinski definition) is 4. The Morgan fingerprint density at radius 3 is 2.65 bits per heavy atom. The van der Waals surface area contributed by atoms with E-state index < -0.39 is 0 Å². The monoisotopic (exact) mass is 270 g/mol. The molecule has 1 N–H and O–H groups in total. The molecule has 0 amide bonds. The Balaban J connectivity index is 1.81. The van der Waals surface area contributed by atoms with Gasteiger partial charge in [-0.3, -0.25) is 0 Å². The molecule has 1 aliphatic carbocycles. The molecule has 1 aromatic rings.